The van der Waals surface area contributed by atoms with Crippen molar-refractivity contribution in [2.24, 2.45) is 0 Å². The third-order valence-corrected chi connectivity index (χ3v) is 6.66. The first kappa shape index (κ1) is 21.5. The van der Waals surface area contributed by atoms with E-state index in [2.05, 4.69) is 4.90 Å². The van der Waals surface area contributed by atoms with Gasteiger partial charge in [0.1, 0.15) is 17.0 Å². The van der Waals surface area contributed by atoms with Gasteiger partial charge in [0.15, 0.2) is 5.13 Å². The van der Waals surface area contributed by atoms with E-state index in [-0.39, 0.29) is 5.91 Å². The number of carbonyl (C=O) groups is 1. The van der Waals surface area contributed by atoms with Gasteiger partial charge in [0.05, 0.1) is 32.1 Å². The number of aromatic nitrogens is 1. The van der Waals surface area contributed by atoms with Gasteiger partial charge in [-0.25, -0.2) is 4.98 Å². The lowest BCUT2D eigenvalue weighted by Gasteiger charge is -2.29. The highest BCUT2D eigenvalue weighted by Gasteiger charge is 2.24. The van der Waals surface area contributed by atoms with E-state index < -0.39 is 0 Å². The number of amides is 1. The van der Waals surface area contributed by atoms with Crippen LogP contribution in [0.15, 0.2) is 36.4 Å². The van der Waals surface area contributed by atoms with Crippen molar-refractivity contribution in [3.05, 3.63) is 47.5 Å². The van der Waals surface area contributed by atoms with Gasteiger partial charge in [-0.2, -0.15) is 0 Å². The number of ether oxygens (including phenoxy) is 3. The summed E-state index contributed by atoms with van der Waals surface area (Å²) in [5.74, 6) is 1.27. The molecule has 7 nitrogen and oxygen atoms in total. The fourth-order valence-corrected chi connectivity index (χ4v) is 4.72. The minimum absolute atomic E-state index is 0.0946. The predicted molar refractivity (Wildman–Crippen MR) is 123 cm³/mol. The molecule has 0 N–H and O–H groups in total. The molecular formula is C23H27N3O4S. The number of nitrogens with zero attached hydrogens (tertiary/aromatic N) is 3. The first-order valence-corrected chi connectivity index (χ1v) is 11.1. The molecule has 0 spiro atoms. The Morgan fingerprint density at radius 2 is 2.00 bits per heavy atom. The van der Waals surface area contributed by atoms with E-state index in [9.17, 15) is 4.79 Å². The summed E-state index contributed by atoms with van der Waals surface area (Å²) in [6.45, 7) is 6.53. The van der Waals surface area contributed by atoms with Gasteiger partial charge in [0.2, 0.25) is 0 Å². The van der Waals surface area contributed by atoms with Crippen LogP contribution in [-0.2, 0) is 4.74 Å². The molecule has 31 heavy (non-hydrogen) atoms. The van der Waals surface area contributed by atoms with E-state index in [4.69, 9.17) is 19.2 Å². The summed E-state index contributed by atoms with van der Waals surface area (Å²) in [5, 5.41) is 0.670. The fourth-order valence-electron chi connectivity index (χ4n) is 3.64. The normalized spacial score (nSPS) is 14.5. The lowest BCUT2D eigenvalue weighted by Crippen LogP contribution is -2.43. The van der Waals surface area contributed by atoms with Crippen LogP contribution in [0, 0.1) is 6.92 Å². The van der Waals surface area contributed by atoms with Crippen molar-refractivity contribution >= 4 is 32.6 Å². The second-order valence-electron chi connectivity index (χ2n) is 7.40. The van der Waals surface area contributed by atoms with Gasteiger partial charge >= 0.3 is 0 Å². The molecule has 0 unspecified atom stereocenters. The van der Waals surface area contributed by atoms with E-state index in [1.165, 1.54) is 11.3 Å². The van der Waals surface area contributed by atoms with Crippen molar-refractivity contribution in [1.29, 1.82) is 0 Å². The van der Waals surface area contributed by atoms with Crippen molar-refractivity contribution in [2.45, 2.75) is 6.92 Å². The summed E-state index contributed by atoms with van der Waals surface area (Å²) in [6.07, 6.45) is 0. The first-order chi connectivity index (χ1) is 15.1. The number of anilines is 1. The number of aryl methyl sites for hydroxylation is 1. The Labute approximate surface area is 186 Å². The van der Waals surface area contributed by atoms with Crippen LogP contribution >= 0.6 is 11.3 Å². The fraction of sp³-hybridized carbons (Fsp3) is 0.391. The van der Waals surface area contributed by atoms with E-state index in [0.717, 1.165) is 48.6 Å². The maximum absolute atomic E-state index is 13.6. The highest BCUT2D eigenvalue weighted by atomic mass is 32.1. The van der Waals surface area contributed by atoms with Crippen LogP contribution in [0.4, 0.5) is 5.13 Å². The van der Waals surface area contributed by atoms with Crippen molar-refractivity contribution in [3.8, 4) is 11.5 Å². The predicted octanol–water partition coefficient (Wildman–Crippen LogP) is 3.60. The second-order valence-corrected chi connectivity index (χ2v) is 8.38. The molecule has 0 aliphatic carbocycles. The largest absolute Gasteiger partial charge is 0.497 e. The van der Waals surface area contributed by atoms with Gasteiger partial charge in [-0.1, -0.05) is 23.5 Å². The Hall–Kier alpha value is -2.68. The number of methoxy groups -OCH3 is 2. The van der Waals surface area contributed by atoms with Crippen molar-refractivity contribution < 1.29 is 19.0 Å². The number of carbonyl (C=O) groups excluding carboxylic acids is 1. The number of thiazole rings is 1. The van der Waals surface area contributed by atoms with Crippen LogP contribution in [0.2, 0.25) is 0 Å². The van der Waals surface area contributed by atoms with Gasteiger partial charge < -0.3 is 14.2 Å². The third kappa shape index (κ3) is 4.66. The zero-order chi connectivity index (χ0) is 21.8. The molecule has 8 heteroatoms. The SMILES string of the molecule is COc1cccc(C(=O)N(CCN2CCOCC2)c2nc3c(OC)ccc(C)c3s2)c1. The Morgan fingerprint density at radius 1 is 1.19 bits per heavy atom. The van der Waals surface area contributed by atoms with E-state index in [1.54, 1.807) is 25.2 Å². The molecule has 1 amide bonds. The number of fused-ring (bicyclic) bond motifs is 1. The molecule has 4 rings (SSSR count). The average Bonchev–Trinajstić information content (AvgIpc) is 3.26. The Balaban J connectivity index is 1.69. The summed E-state index contributed by atoms with van der Waals surface area (Å²) in [7, 11) is 3.24. The van der Waals surface area contributed by atoms with Crippen LogP contribution in [0.1, 0.15) is 15.9 Å². The minimum Gasteiger partial charge on any atom is -0.497 e. The molecule has 0 bridgehead atoms. The monoisotopic (exact) mass is 441 g/mol. The number of hydrogen-bond donors (Lipinski definition) is 0. The molecular weight excluding hydrogens is 414 g/mol. The standard InChI is InChI=1S/C23H27N3O4S/c1-16-7-8-19(29-3)20-21(16)31-23(24-20)26(10-9-25-11-13-30-14-12-25)22(27)17-5-4-6-18(15-17)28-2/h4-8,15H,9-14H2,1-3H3. The van der Waals surface area contributed by atoms with Gasteiger partial charge in [-0.15, -0.1) is 0 Å². The molecule has 1 aromatic heterocycles. The Kier molecular flexibility index (Phi) is 6.70. The van der Waals surface area contributed by atoms with Gasteiger partial charge in [0.25, 0.3) is 5.91 Å². The molecule has 1 aliphatic heterocycles. The molecule has 3 aromatic rings. The summed E-state index contributed by atoms with van der Waals surface area (Å²) >= 11 is 1.52. The summed E-state index contributed by atoms with van der Waals surface area (Å²) < 4.78 is 17.3. The molecule has 0 atom stereocenters. The quantitative estimate of drug-likeness (QED) is 0.558. The van der Waals surface area contributed by atoms with Crippen LogP contribution in [-0.4, -0.2) is 69.4 Å². The summed E-state index contributed by atoms with van der Waals surface area (Å²) in [6, 6.07) is 11.2. The molecule has 1 aliphatic rings. The van der Waals surface area contributed by atoms with E-state index in [0.29, 0.717) is 28.7 Å². The highest BCUT2D eigenvalue weighted by molar-refractivity contribution is 7.22. The third-order valence-electron chi connectivity index (χ3n) is 5.45. The maximum atomic E-state index is 13.6. The van der Waals surface area contributed by atoms with Crippen LogP contribution < -0.4 is 14.4 Å². The molecule has 1 saturated heterocycles. The van der Waals surface area contributed by atoms with E-state index in [1.807, 2.05) is 37.3 Å². The second kappa shape index (κ2) is 9.64. The zero-order valence-corrected chi connectivity index (χ0v) is 18.9. The Morgan fingerprint density at radius 3 is 2.74 bits per heavy atom. The lowest BCUT2D eigenvalue weighted by atomic mass is 10.2. The molecule has 0 radical (unpaired) electrons. The summed E-state index contributed by atoms with van der Waals surface area (Å²) in [5.41, 5.74) is 2.48. The van der Waals surface area contributed by atoms with Crippen LogP contribution in [0.3, 0.4) is 0 Å². The topological polar surface area (TPSA) is 64.1 Å². The lowest BCUT2D eigenvalue weighted by molar-refractivity contribution is 0.0391. The van der Waals surface area contributed by atoms with E-state index >= 15 is 0 Å². The maximum Gasteiger partial charge on any atom is 0.260 e. The van der Waals surface area contributed by atoms with Gasteiger partial charge in [-0.3, -0.25) is 14.6 Å². The number of morpholine rings is 1. The van der Waals surface area contributed by atoms with Gasteiger partial charge in [0, 0.05) is 31.7 Å². The average molecular weight is 442 g/mol. The van der Waals surface area contributed by atoms with Crippen LogP contribution in [0.25, 0.3) is 10.2 Å². The number of benzene rings is 2. The molecule has 1 fully saturated rings. The highest BCUT2D eigenvalue weighted by Crippen LogP contribution is 2.37. The molecule has 2 heterocycles. The number of rotatable bonds is 7. The smallest absolute Gasteiger partial charge is 0.260 e. The van der Waals surface area contributed by atoms with Crippen LogP contribution in [0.5, 0.6) is 11.5 Å². The van der Waals surface area contributed by atoms with Crippen molar-refractivity contribution in [2.75, 3.05) is 58.5 Å². The molecule has 164 valence electrons. The molecule has 2 aromatic carbocycles. The Bertz CT molecular complexity index is 1060. The molecule has 0 saturated carbocycles. The zero-order valence-electron chi connectivity index (χ0n) is 18.1. The summed E-state index contributed by atoms with van der Waals surface area (Å²) in [4.78, 5) is 22.5. The minimum atomic E-state index is -0.0946. The van der Waals surface area contributed by atoms with Crippen molar-refractivity contribution in [3.63, 3.8) is 0 Å². The van der Waals surface area contributed by atoms with Crippen molar-refractivity contribution in [1.82, 2.24) is 9.88 Å². The van der Waals surface area contributed by atoms with Gasteiger partial charge in [-0.05, 0) is 36.8 Å². The first-order valence-electron chi connectivity index (χ1n) is 10.3. The number of hydrogen-bond acceptors (Lipinski definition) is 7.